The predicted octanol–water partition coefficient (Wildman–Crippen LogP) is 3.00. The molecule has 2 aromatic rings. The van der Waals surface area contributed by atoms with Crippen molar-refractivity contribution in [1.82, 2.24) is 15.6 Å². The molecule has 0 unspecified atom stereocenters. The van der Waals surface area contributed by atoms with Gasteiger partial charge >= 0.3 is 0 Å². The van der Waals surface area contributed by atoms with Gasteiger partial charge in [0.1, 0.15) is 5.75 Å². The number of nitrogens with zero attached hydrogens (tertiary/aromatic N) is 2. The Morgan fingerprint density at radius 2 is 2.13 bits per heavy atom. The summed E-state index contributed by atoms with van der Waals surface area (Å²) in [7, 11) is 1.63. The van der Waals surface area contributed by atoms with Crippen LogP contribution < -0.4 is 15.4 Å². The number of methoxy groups -OCH3 is 1. The van der Waals surface area contributed by atoms with Gasteiger partial charge in [-0.3, -0.25) is 4.98 Å². The fraction of sp³-hybridized carbons (Fsp3) is 0.294. The lowest BCUT2D eigenvalue weighted by atomic mass is 10.2. The first-order valence-electron chi connectivity index (χ1n) is 7.47. The zero-order valence-electron chi connectivity index (χ0n) is 13.3. The molecule has 0 radical (unpaired) electrons. The summed E-state index contributed by atoms with van der Waals surface area (Å²) >= 11 is 5.98. The fourth-order valence-electron chi connectivity index (χ4n) is 2.03. The Balaban J connectivity index is 2.03. The molecular weight excluding hydrogens is 312 g/mol. The molecule has 0 spiro atoms. The number of ether oxygens (including phenoxy) is 1. The number of benzene rings is 1. The molecule has 23 heavy (non-hydrogen) atoms. The predicted molar refractivity (Wildman–Crippen MR) is 93.9 cm³/mol. The smallest absolute Gasteiger partial charge is 0.191 e. The van der Waals surface area contributed by atoms with E-state index in [4.69, 9.17) is 16.3 Å². The lowest BCUT2D eigenvalue weighted by molar-refractivity contribution is 0.410. The van der Waals surface area contributed by atoms with Crippen molar-refractivity contribution < 1.29 is 4.74 Å². The molecule has 0 fully saturated rings. The van der Waals surface area contributed by atoms with E-state index in [2.05, 4.69) is 20.6 Å². The van der Waals surface area contributed by atoms with Crippen LogP contribution in [0.15, 0.2) is 47.6 Å². The Bertz CT molecular complexity index is 646. The van der Waals surface area contributed by atoms with Crippen LogP contribution in [0.4, 0.5) is 0 Å². The van der Waals surface area contributed by atoms with Crippen LogP contribution in [0, 0.1) is 0 Å². The minimum atomic E-state index is 0.498. The lowest BCUT2D eigenvalue weighted by Crippen LogP contribution is -2.37. The van der Waals surface area contributed by atoms with E-state index in [-0.39, 0.29) is 0 Å². The van der Waals surface area contributed by atoms with Gasteiger partial charge in [-0.25, -0.2) is 4.99 Å². The summed E-state index contributed by atoms with van der Waals surface area (Å²) in [5.74, 6) is 1.47. The number of aromatic nitrogens is 1. The molecule has 2 rings (SSSR count). The Morgan fingerprint density at radius 1 is 1.26 bits per heavy atom. The lowest BCUT2D eigenvalue weighted by Gasteiger charge is -2.12. The van der Waals surface area contributed by atoms with Crippen molar-refractivity contribution in [2.24, 2.45) is 4.99 Å². The van der Waals surface area contributed by atoms with Gasteiger partial charge in [0.05, 0.1) is 25.9 Å². The van der Waals surface area contributed by atoms with E-state index in [0.29, 0.717) is 18.1 Å². The molecule has 0 atom stereocenters. The van der Waals surface area contributed by atoms with Gasteiger partial charge in [-0.15, -0.1) is 0 Å². The molecule has 5 nitrogen and oxygen atoms in total. The molecule has 0 aliphatic rings. The van der Waals surface area contributed by atoms with Crippen LogP contribution >= 0.6 is 11.6 Å². The van der Waals surface area contributed by atoms with Crippen molar-refractivity contribution in [2.45, 2.75) is 20.0 Å². The normalized spacial score (nSPS) is 11.2. The van der Waals surface area contributed by atoms with E-state index in [1.54, 1.807) is 19.4 Å². The number of aliphatic imine (C=N–C) groups is 1. The molecule has 122 valence electrons. The van der Waals surface area contributed by atoms with Gasteiger partial charge < -0.3 is 15.4 Å². The van der Waals surface area contributed by atoms with Gasteiger partial charge in [0.15, 0.2) is 5.96 Å². The molecule has 0 bridgehead atoms. The molecule has 0 saturated heterocycles. The van der Waals surface area contributed by atoms with E-state index in [9.17, 15) is 0 Å². The van der Waals surface area contributed by atoms with Crippen LogP contribution in [0.5, 0.6) is 5.75 Å². The second-order valence-corrected chi connectivity index (χ2v) is 5.26. The summed E-state index contributed by atoms with van der Waals surface area (Å²) in [5.41, 5.74) is 1.94. The minimum absolute atomic E-state index is 0.498. The van der Waals surface area contributed by atoms with E-state index in [1.165, 1.54) is 0 Å². The van der Waals surface area contributed by atoms with E-state index in [1.807, 2.05) is 37.3 Å². The van der Waals surface area contributed by atoms with E-state index >= 15 is 0 Å². The maximum atomic E-state index is 5.98. The highest BCUT2D eigenvalue weighted by Gasteiger charge is 2.04. The summed E-state index contributed by atoms with van der Waals surface area (Å²) in [6.45, 7) is 3.93. The van der Waals surface area contributed by atoms with Crippen molar-refractivity contribution in [3.63, 3.8) is 0 Å². The number of pyridine rings is 1. The third kappa shape index (κ3) is 5.45. The van der Waals surface area contributed by atoms with Gasteiger partial charge in [0.25, 0.3) is 0 Å². The third-order valence-corrected chi connectivity index (χ3v) is 3.40. The Labute approximate surface area is 141 Å². The van der Waals surface area contributed by atoms with Crippen molar-refractivity contribution in [1.29, 1.82) is 0 Å². The molecule has 0 saturated carbocycles. The monoisotopic (exact) mass is 332 g/mol. The first-order valence-corrected chi connectivity index (χ1v) is 7.85. The van der Waals surface area contributed by atoms with Crippen LogP contribution in [-0.4, -0.2) is 24.6 Å². The molecule has 0 aliphatic heterocycles. The first-order chi connectivity index (χ1) is 11.2. The molecule has 6 heteroatoms. The highest BCUT2D eigenvalue weighted by molar-refractivity contribution is 6.30. The van der Waals surface area contributed by atoms with Crippen molar-refractivity contribution >= 4 is 17.6 Å². The maximum Gasteiger partial charge on any atom is 0.191 e. The maximum absolute atomic E-state index is 5.98. The highest BCUT2D eigenvalue weighted by Crippen LogP contribution is 2.23. The average Bonchev–Trinajstić information content (AvgIpc) is 2.59. The van der Waals surface area contributed by atoms with Crippen LogP contribution in [-0.2, 0) is 13.1 Å². The summed E-state index contributed by atoms with van der Waals surface area (Å²) in [6, 6.07) is 11.4. The fourth-order valence-corrected chi connectivity index (χ4v) is 2.19. The molecule has 0 aliphatic carbocycles. The number of hydrogen-bond donors (Lipinski definition) is 2. The van der Waals surface area contributed by atoms with Gasteiger partial charge in [-0.2, -0.15) is 0 Å². The second kappa shape index (κ2) is 9.00. The number of guanidine groups is 1. The van der Waals surface area contributed by atoms with Crippen LogP contribution in [0.3, 0.4) is 0 Å². The molecule has 1 aromatic carbocycles. The van der Waals surface area contributed by atoms with Gasteiger partial charge in [0, 0.05) is 23.3 Å². The van der Waals surface area contributed by atoms with Crippen LogP contribution in [0.2, 0.25) is 5.02 Å². The van der Waals surface area contributed by atoms with Crippen molar-refractivity contribution in [3.05, 3.63) is 58.9 Å². The Kier molecular flexibility index (Phi) is 6.69. The summed E-state index contributed by atoms with van der Waals surface area (Å²) < 4.78 is 5.34. The zero-order chi connectivity index (χ0) is 16.5. The van der Waals surface area contributed by atoms with E-state index < -0.39 is 0 Å². The SMILES string of the molecule is CCNC(=NCc1ccc(Cl)cc1OC)NCc1ccccn1. The summed E-state index contributed by atoms with van der Waals surface area (Å²) in [4.78, 5) is 8.87. The van der Waals surface area contributed by atoms with E-state index in [0.717, 1.165) is 29.5 Å². The standard InChI is InChI=1S/C17H21ClN4O/c1-3-19-17(22-12-15-6-4-5-9-20-15)21-11-13-7-8-14(18)10-16(13)23-2/h4-10H,3,11-12H2,1-2H3,(H2,19,21,22). The minimum Gasteiger partial charge on any atom is -0.496 e. The number of nitrogens with one attached hydrogen (secondary N) is 2. The summed E-state index contributed by atoms with van der Waals surface area (Å²) in [6.07, 6.45) is 1.78. The Morgan fingerprint density at radius 3 is 2.83 bits per heavy atom. The van der Waals surface area contributed by atoms with Gasteiger partial charge in [-0.05, 0) is 31.2 Å². The van der Waals surface area contributed by atoms with Crippen molar-refractivity contribution in [3.8, 4) is 5.75 Å². The molecule has 1 aromatic heterocycles. The summed E-state index contributed by atoms with van der Waals surface area (Å²) in [5, 5.41) is 7.13. The molecule has 0 amide bonds. The second-order valence-electron chi connectivity index (χ2n) is 4.83. The number of hydrogen-bond acceptors (Lipinski definition) is 3. The first kappa shape index (κ1) is 17.1. The average molecular weight is 333 g/mol. The highest BCUT2D eigenvalue weighted by atomic mass is 35.5. The topological polar surface area (TPSA) is 58.5 Å². The Hall–Kier alpha value is -2.27. The quantitative estimate of drug-likeness (QED) is 0.630. The third-order valence-electron chi connectivity index (χ3n) is 3.16. The number of rotatable bonds is 6. The van der Waals surface area contributed by atoms with Crippen LogP contribution in [0.1, 0.15) is 18.2 Å². The van der Waals surface area contributed by atoms with Crippen LogP contribution in [0.25, 0.3) is 0 Å². The molecule has 1 heterocycles. The number of halogens is 1. The van der Waals surface area contributed by atoms with Gasteiger partial charge in [0.2, 0.25) is 0 Å². The molecule has 2 N–H and O–H groups in total. The molecular formula is C17H21ClN4O. The van der Waals surface area contributed by atoms with Gasteiger partial charge in [-0.1, -0.05) is 23.7 Å². The largest absolute Gasteiger partial charge is 0.496 e. The zero-order valence-corrected chi connectivity index (χ0v) is 14.1. The van der Waals surface area contributed by atoms with Crippen molar-refractivity contribution in [2.75, 3.05) is 13.7 Å².